The highest BCUT2D eigenvalue weighted by molar-refractivity contribution is 6.75. The van der Waals surface area contributed by atoms with Crippen molar-refractivity contribution in [2.45, 2.75) is 78.2 Å². The molecule has 0 aliphatic heterocycles. The number of hydrogen-bond donors (Lipinski definition) is 0. The molecule has 0 amide bonds. The number of methoxy groups -OCH3 is 3. The summed E-state index contributed by atoms with van der Waals surface area (Å²) >= 11 is 0. The van der Waals surface area contributed by atoms with E-state index in [-0.39, 0.29) is 0 Å². The molecule has 0 bridgehead atoms. The lowest BCUT2D eigenvalue weighted by Crippen LogP contribution is -2.67. The van der Waals surface area contributed by atoms with Gasteiger partial charge in [0.1, 0.15) is 0 Å². The van der Waals surface area contributed by atoms with Crippen molar-refractivity contribution in [2.24, 2.45) is 0 Å². The van der Waals surface area contributed by atoms with Crippen LogP contribution in [0.3, 0.4) is 0 Å². The van der Waals surface area contributed by atoms with Crippen molar-refractivity contribution in [3.8, 4) is 0 Å². The van der Waals surface area contributed by atoms with Crippen LogP contribution in [-0.2, 0) is 27.5 Å². The molecule has 162 valence electrons. The Hall–Kier alpha value is -0.803. The molecule has 0 aromatic heterocycles. The van der Waals surface area contributed by atoms with E-state index >= 15 is 0 Å². The lowest BCUT2D eigenvalue weighted by Gasteiger charge is -2.45. The van der Waals surface area contributed by atoms with Gasteiger partial charge in [-0.1, -0.05) is 51.1 Å². The molecule has 3 unspecified atom stereocenters. The Labute approximate surface area is 171 Å². The maximum atomic E-state index is 6.62. The fraction of sp³-hybridized carbons (Fsp3) is 0.714. The quantitative estimate of drug-likeness (QED) is 0.356. The van der Waals surface area contributed by atoms with Crippen LogP contribution in [0.1, 0.15) is 60.8 Å². The first-order valence-corrected chi connectivity index (χ1v) is 11.6. The van der Waals surface area contributed by atoms with E-state index in [9.17, 15) is 0 Å². The van der Waals surface area contributed by atoms with Crippen LogP contribution in [0.2, 0.25) is 0 Å². The van der Waals surface area contributed by atoms with Crippen LogP contribution >= 0.6 is 0 Å². The summed E-state index contributed by atoms with van der Waals surface area (Å²) in [4.78, 5) is 0. The molecule has 0 heterocycles. The summed E-state index contributed by atoms with van der Waals surface area (Å²) in [6.07, 6.45) is 1.84. The molecule has 7 heteroatoms. The first-order chi connectivity index (χ1) is 13.1. The molecule has 0 saturated carbocycles. The average molecular weight is 415 g/mol. The highest BCUT2D eigenvalue weighted by Gasteiger charge is 2.56. The summed E-state index contributed by atoms with van der Waals surface area (Å²) in [7, 11) is 1.29. The van der Waals surface area contributed by atoms with Crippen molar-refractivity contribution >= 4 is 14.0 Å². The van der Waals surface area contributed by atoms with Gasteiger partial charge < -0.3 is 27.5 Å². The Morgan fingerprint density at radius 3 is 1.21 bits per heavy atom. The summed E-state index contributed by atoms with van der Waals surface area (Å²) in [5, 5.41) is 0.820. The molecule has 6 nitrogen and oxygen atoms in total. The molecule has 0 aliphatic rings. The van der Waals surface area contributed by atoms with Crippen molar-refractivity contribution in [1.29, 1.82) is 0 Å². The molecule has 0 N–H and O–H groups in total. The Morgan fingerprint density at radius 1 is 0.643 bits per heavy atom. The van der Waals surface area contributed by atoms with Crippen LogP contribution < -0.4 is 5.19 Å². The molecule has 1 aromatic rings. The zero-order valence-corrected chi connectivity index (χ0v) is 20.0. The zero-order chi connectivity index (χ0) is 21.5. The Morgan fingerprint density at radius 2 is 0.964 bits per heavy atom. The van der Waals surface area contributed by atoms with Crippen LogP contribution in [-0.4, -0.2) is 47.5 Å². The summed E-state index contributed by atoms with van der Waals surface area (Å²) in [6.45, 7) is 11.7. The predicted octanol–water partition coefficient (Wildman–Crippen LogP) is 4.20. The molecular formula is C21H38O6Si. The van der Waals surface area contributed by atoms with Gasteiger partial charge in [-0.15, -0.1) is 0 Å². The number of ether oxygens (including phenoxy) is 3. The van der Waals surface area contributed by atoms with Gasteiger partial charge >= 0.3 is 8.80 Å². The third kappa shape index (κ3) is 6.10. The lowest BCUT2D eigenvalue weighted by atomic mass is 10.2. The maximum absolute atomic E-state index is 6.62. The van der Waals surface area contributed by atoms with Gasteiger partial charge in [-0.2, -0.15) is 0 Å². The van der Waals surface area contributed by atoms with Crippen LogP contribution in [0.4, 0.5) is 0 Å². The summed E-state index contributed by atoms with van der Waals surface area (Å²) in [5.74, 6) is -2.69. The summed E-state index contributed by atoms with van der Waals surface area (Å²) < 4.78 is 37.0. The van der Waals surface area contributed by atoms with E-state index in [1.807, 2.05) is 71.9 Å². The van der Waals surface area contributed by atoms with Crippen LogP contribution in [0.15, 0.2) is 30.3 Å². The molecular weight excluding hydrogens is 376 g/mol. The van der Waals surface area contributed by atoms with Crippen LogP contribution in [0.5, 0.6) is 0 Å². The van der Waals surface area contributed by atoms with Gasteiger partial charge in [0.15, 0.2) is 17.4 Å². The standard InChI is InChI=1S/C21H38O6Si/c1-10-19(4,22-7)25-28(18-16-14-13-15-17-18,26-20(5,11-2)23-8)27-21(6,12-3)24-9/h13-17H,10-12H2,1-9H3. The fourth-order valence-corrected chi connectivity index (χ4v) is 5.98. The average Bonchev–Trinajstić information content (AvgIpc) is 2.73. The van der Waals surface area contributed by atoms with E-state index in [2.05, 4.69) is 0 Å². The molecule has 0 radical (unpaired) electrons. The minimum atomic E-state index is -3.58. The van der Waals surface area contributed by atoms with Crippen molar-refractivity contribution in [3.05, 3.63) is 30.3 Å². The monoisotopic (exact) mass is 414 g/mol. The first kappa shape index (κ1) is 25.2. The van der Waals surface area contributed by atoms with E-state index in [1.54, 1.807) is 21.3 Å². The fourth-order valence-electron chi connectivity index (χ4n) is 2.51. The SMILES string of the molecule is CCC(C)(OC)O[Si](OC(C)(CC)OC)(OC(C)(CC)OC)c1ccccc1. The van der Waals surface area contributed by atoms with E-state index in [1.165, 1.54) is 0 Å². The first-order valence-electron chi connectivity index (χ1n) is 9.90. The van der Waals surface area contributed by atoms with Gasteiger partial charge in [0.05, 0.1) is 0 Å². The largest absolute Gasteiger partial charge is 0.543 e. The molecule has 28 heavy (non-hydrogen) atoms. The third-order valence-corrected chi connectivity index (χ3v) is 8.54. The number of rotatable bonds is 13. The Bertz CT molecular complexity index is 517. The van der Waals surface area contributed by atoms with Gasteiger partial charge in [-0.3, -0.25) is 0 Å². The van der Waals surface area contributed by atoms with Crippen molar-refractivity contribution in [3.63, 3.8) is 0 Å². The smallest absolute Gasteiger partial charge is 0.354 e. The molecule has 0 spiro atoms. The predicted molar refractivity (Wildman–Crippen MR) is 112 cm³/mol. The van der Waals surface area contributed by atoms with Gasteiger partial charge in [0.2, 0.25) is 0 Å². The molecule has 0 aliphatic carbocycles. The van der Waals surface area contributed by atoms with Crippen LogP contribution in [0.25, 0.3) is 0 Å². The van der Waals surface area contributed by atoms with E-state index in [0.717, 1.165) is 5.19 Å². The van der Waals surface area contributed by atoms with Crippen molar-refractivity contribution in [2.75, 3.05) is 21.3 Å². The van der Waals surface area contributed by atoms with Gasteiger partial charge in [-0.25, -0.2) is 0 Å². The third-order valence-electron chi connectivity index (χ3n) is 5.40. The van der Waals surface area contributed by atoms with Crippen molar-refractivity contribution in [1.82, 2.24) is 0 Å². The van der Waals surface area contributed by atoms with Gasteiger partial charge in [0.25, 0.3) is 0 Å². The second-order valence-electron chi connectivity index (χ2n) is 7.30. The van der Waals surface area contributed by atoms with Gasteiger partial charge in [-0.05, 0) is 40.0 Å². The summed E-state index contributed by atoms with van der Waals surface area (Å²) in [5.41, 5.74) is 0. The van der Waals surface area contributed by atoms with Crippen molar-refractivity contribution < 1.29 is 27.5 Å². The maximum Gasteiger partial charge on any atom is 0.543 e. The lowest BCUT2D eigenvalue weighted by molar-refractivity contribution is -0.255. The molecule has 0 fully saturated rings. The normalized spacial score (nSPS) is 20.6. The number of benzene rings is 1. The minimum Gasteiger partial charge on any atom is -0.354 e. The topological polar surface area (TPSA) is 55.4 Å². The minimum absolute atomic E-state index is 0.615. The van der Waals surface area contributed by atoms with Crippen LogP contribution in [0, 0.1) is 0 Å². The molecule has 1 rings (SSSR count). The molecule has 3 atom stereocenters. The summed E-state index contributed by atoms with van der Waals surface area (Å²) in [6, 6.07) is 9.73. The van der Waals surface area contributed by atoms with E-state index in [0.29, 0.717) is 19.3 Å². The number of hydrogen-bond acceptors (Lipinski definition) is 6. The van der Waals surface area contributed by atoms with E-state index in [4.69, 9.17) is 27.5 Å². The Kier molecular flexibility index (Phi) is 9.28. The zero-order valence-electron chi connectivity index (χ0n) is 19.0. The molecule has 1 aromatic carbocycles. The highest BCUT2D eigenvalue weighted by Crippen LogP contribution is 2.33. The van der Waals surface area contributed by atoms with Gasteiger partial charge in [0, 0.05) is 26.5 Å². The second-order valence-corrected chi connectivity index (χ2v) is 9.60. The van der Waals surface area contributed by atoms with E-state index < -0.39 is 26.2 Å². The molecule has 0 saturated heterocycles. The Balaban J connectivity index is 3.65. The highest BCUT2D eigenvalue weighted by atomic mass is 28.4. The second kappa shape index (κ2) is 10.3.